The van der Waals surface area contributed by atoms with Gasteiger partial charge in [-0.1, -0.05) is 17.3 Å². The molecule has 0 aliphatic carbocycles. The number of nitro groups is 1. The van der Waals surface area contributed by atoms with Crippen LogP contribution in [0.2, 0.25) is 0 Å². The zero-order chi connectivity index (χ0) is 15.2. The van der Waals surface area contributed by atoms with Crippen LogP contribution in [0.3, 0.4) is 0 Å². The standard InChI is InChI=1S/C14H11N3O4/c18-14(12-3-1-2-4-13(12)17(20)21)10-16-7-5-11(6-8-16)9-15-19/h1-9H,10H2/p+1. The fourth-order valence-electron chi connectivity index (χ4n) is 1.85. The van der Waals surface area contributed by atoms with Gasteiger partial charge in [0.05, 0.1) is 11.1 Å². The van der Waals surface area contributed by atoms with Crippen LogP contribution < -0.4 is 4.57 Å². The first-order valence-electron chi connectivity index (χ1n) is 6.05. The number of nitro benzene ring substituents is 1. The fourth-order valence-corrected chi connectivity index (χ4v) is 1.85. The minimum atomic E-state index is -0.571. The molecule has 2 rings (SSSR count). The first-order chi connectivity index (χ1) is 10.1. The van der Waals surface area contributed by atoms with Crippen molar-refractivity contribution in [2.45, 2.75) is 6.54 Å². The number of pyridine rings is 1. The van der Waals surface area contributed by atoms with Crippen LogP contribution in [0.25, 0.3) is 0 Å². The van der Waals surface area contributed by atoms with Crippen LogP contribution in [0.4, 0.5) is 5.69 Å². The monoisotopic (exact) mass is 286 g/mol. The normalized spacial score (nSPS) is 10.7. The van der Waals surface area contributed by atoms with Gasteiger partial charge in [-0.3, -0.25) is 14.9 Å². The maximum atomic E-state index is 12.2. The summed E-state index contributed by atoms with van der Waals surface area (Å²) in [5.74, 6) is -0.351. The molecule has 1 N–H and O–H groups in total. The van der Waals surface area contributed by atoms with E-state index in [1.807, 2.05) is 0 Å². The number of nitrogens with zero attached hydrogens (tertiary/aromatic N) is 3. The van der Waals surface area contributed by atoms with E-state index in [4.69, 9.17) is 5.21 Å². The third-order valence-electron chi connectivity index (χ3n) is 2.85. The lowest BCUT2D eigenvalue weighted by Crippen LogP contribution is -2.37. The summed E-state index contributed by atoms with van der Waals surface area (Å²) < 4.78 is 1.59. The van der Waals surface area contributed by atoms with Crippen molar-refractivity contribution in [2.75, 3.05) is 0 Å². The second kappa shape index (κ2) is 6.38. The smallest absolute Gasteiger partial charge is 0.280 e. The molecule has 0 fully saturated rings. The Morgan fingerprint density at radius 1 is 1.29 bits per heavy atom. The van der Waals surface area contributed by atoms with Crippen molar-refractivity contribution in [1.82, 2.24) is 0 Å². The molecule has 1 aromatic carbocycles. The third kappa shape index (κ3) is 3.47. The summed E-state index contributed by atoms with van der Waals surface area (Å²) in [7, 11) is 0. The molecule has 0 unspecified atom stereocenters. The van der Waals surface area contributed by atoms with Gasteiger partial charge in [-0.15, -0.1) is 0 Å². The summed E-state index contributed by atoms with van der Waals surface area (Å²) in [6.45, 7) is -0.0125. The number of carbonyl (C=O) groups excluding carboxylic acids is 1. The maximum absolute atomic E-state index is 12.2. The molecule has 106 valence electrons. The highest BCUT2D eigenvalue weighted by molar-refractivity contribution is 5.98. The summed E-state index contributed by atoms with van der Waals surface area (Å²) in [6, 6.07) is 9.17. The summed E-state index contributed by atoms with van der Waals surface area (Å²) in [5, 5.41) is 22.2. The summed E-state index contributed by atoms with van der Waals surface area (Å²) >= 11 is 0. The van der Waals surface area contributed by atoms with Gasteiger partial charge in [-0.05, 0) is 6.07 Å². The average molecular weight is 286 g/mol. The maximum Gasteiger partial charge on any atom is 0.280 e. The number of aromatic nitrogens is 1. The van der Waals surface area contributed by atoms with Gasteiger partial charge in [-0.25, -0.2) is 0 Å². The second-order valence-electron chi connectivity index (χ2n) is 4.25. The molecular formula is C14H12N3O4+. The Labute approximate surface area is 119 Å². The molecule has 0 atom stereocenters. The van der Waals surface area contributed by atoms with E-state index in [1.54, 1.807) is 35.2 Å². The summed E-state index contributed by atoms with van der Waals surface area (Å²) in [4.78, 5) is 22.5. The Morgan fingerprint density at radius 3 is 2.57 bits per heavy atom. The summed E-state index contributed by atoms with van der Waals surface area (Å²) in [6.07, 6.45) is 4.52. The highest BCUT2D eigenvalue weighted by Gasteiger charge is 2.21. The molecular weight excluding hydrogens is 274 g/mol. The number of oxime groups is 1. The van der Waals surface area contributed by atoms with E-state index in [2.05, 4.69) is 5.16 Å². The van der Waals surface area contributed by atoms with Crippen molar-refractivity contribution < 1.29 is 19.5 Å². The van der Waals surface area contributed by atoms with Crippen molar-refractivity contribution >= 4 is 17.7 Å². The first kappa shape index (κ1) is 14.3. The fraction of sp³-hybridized carbons (Fsp3) is 0.0714. The average Bonchev–Trinajstić information content (AvgIpc) is 2.49. The number of hydrogen-bond acceptors (Lipinski definition) is 5. The molecule has 21 heavy (non-hydrogen) atoms. The van der Waals surface area contributed by atoms with E-state index in [9.17, 15) is 14.9 Å². The Balaban J connectivity index is 2.20. The number of hydrogen-bond donors (Lipinski definition) is 1. The van der Waals surface area contributed by atoms with Crippen LogP contribution in [-0.2, 0) is 6.54 Å². The molecule has 7 heteroatoms. The van der Waals surface area contributed by atoms with Crippen LogP contribution in [0.5, 0.6) is 0 Å². The third-order valence-corrected chi connectivity index (χ3v) is 2.85. The lowest BCUT2D eigenvalue weighted by molar-refractivity contribution is -0.683. The van der Waals surface area contributed by atoms with Gasteiger partial charge in [-0.2, -0.15) is 4.57 Å². The van der Waals surface area contributed by atoms with Gasteiger partial charge in [0.25, 0.3) is 5.69 Å². The van der Waals surface area contributed by atoms with Crippen LogP contribution >= 0.6 is 0 Å². The Morgan fingerprint density at radius 2 is 1.95 bits per heavy atom. The zero-order valence-corrected chi connectivity index (χ0v) is 10.9. The van der Waals surface area contributed by atoms with E-state index in [1.165, 1.54) is 24.4 Å². The van der Waals surface area contributed by atoms with Gasteiger partial charge in [0.1, 0.15) is 5.56 Å². The molecule has 1 heterocycles. The molecule has 0 radical (unpaired) electrons. The number of para-hydroxylation sites is 1. The first-order valence-corrected chi connectivity index (χ1v) is 6.05. The predicted octanol–water partition coefficient (Wildman–Crippen LogP) is 1.57. The number of rotatable bonds is 5. The Bertz CT molecular complexity index is 696. The molecule has 0 saturated heterocycles. The molecule has 0 aliphatic heterocycles. The summed E-state index contributed by atoms with van der Waals surface area (Å²) in [5.41, 5.74) is 0.551. The number of benzene rings is 1. The minimum Gasteiger partial charge on any atom is -0.411 e. The zero-order valence-electron chi connectivity index (χ0n) is 10.9. The van der Waals surface area contributed by atoms with Crippen LogP contribution in [0.1, 0.15) is 15.9 Å². The topological polar surface area (TPSA) is 96.7 Å². The SMILES string of the molecule is O=C(C[n+]1ccc(C=NO)cc1)c1ccccc1[N+](=O)[O-]. The van der Waals surface area contributed by atoms with E-state index < -0.39 is 4.92 Å². The molecule has 0 amide bonds. The second-order valence-corrected chi connectivity index (χ2v) is 4.25. The number of carbonyl (C=O) groups is 1. The van der Waals surface area contributed by atoms with Gasteiger partial charge in [0.15, 0.2) is 12.4 Å². The van der Waals surface area contributed by atoms with Crippen molar-refractivity contribution in [3.05, 3.63) is 70.0 Å². The van der Waals surface area contributed by atoms with Crippen molar-refractivity contribution in [3.8, 4) is 0 Å². The van der Waals surface area contributed by atoms with E-state index >= 15 is 0 Å². The molecule has 0 aliphatic rings. The molecule has 0 saturated carbocycles. The molecule has 0 bridgehead atoms. The van der Waals surface area contributed by atoms with Crippen LogP contribution in [-0.4, -0.2) is 22.1 Å². The molecule has 7 nitrogen and oxygen atoms in total. The number of Topliss-reactive ketones (excluding diaryl/α,β-unsaturated/α-hetero) is 1. The number of ketones is 1. The predicted molar refractivity (Wildman–Crippen MR) is 73.4 cm³/mol. The lowest BCUT2D eigenvalue weighted by Gasteiger charge is -2.00. The van der Waals surface area contributed by atoms with Gasteiger partial charge >= 0.3 is 0 Å². The van der Waals surface area contributed by atoms with Crippen molar-refractivity contribution in [1.29, 1.82) is 0 Å². The highest BCUT2D eigenvalue weighted by Crippen LogP contribution is 2.18. The highest BCUT2D eigenvalue weighted by atomic mass is 16.6. The molecule has 2 aromatic rings. The van der Waals surface area contributed by atoms with E-state index in [0.29, 0.717) is 5.56 Å². The van der Waals surface area contributed by atoms with Gasteiger partial charge < -0.3 is 5.21 Å². The lowest BCUT2D eigenvalue weighted by atomic mass is 10.1. The largest absolute Gasteiger partial charge is 0.411 e. The van der Waals surface area contributed by atoms with Crippen LogP contribution in [0, 0.1) is 10.1 Å². The van der Waals surface area contributed by atoms with Gasteiger partial charge in [0.2, 0.25) is 12.3 Å². The van der Waals surface area contributed by atoms with Crippen molar-refractivity contribution in [3.63, 3.8) is 0 Å². The Kier molecular flexibility index (Phi) is 4.35. The minimum absolute atomic E-state index is 0.0125. The molecule has 1 aromatic heterocycles. The molecule has 0 spiro atoms. The van der Waals surface area contributed by atoms with Gasteiger partial charge in [0, 0.05) is 23.8 Å². The van der Waals surface area contributed by atoms with E-state index in [-0.39, 0.29) is 23.6 Å². The Hall–Kier alpha value is -3.09. The van der Waals surface area contributed by atoms with E-state index in [0.717, 1.165) is 0 Å². The van der Waals surface area contributed by atoms with Crippen molar-refractivity contribution in [2.24, 2.45) is 5.16 Å². The quantitative estimate of drug-likeness (QED) is 0.225. The van der Waals surface area contributed by atoms with Crippen LogP contribution in [0.15, 0.2) is 53.9 Å².